The van der Waals surface area contributed by atoms with Gasteiger partial charge in [-0.2, -0.15) is 0 Å². The Morgan fingerprint density at radius 1 is 0.622 bits per heavy atom. The van der Waals surface area contributed by atoms with Gasteiger partial charge in [0.2, 0.25) is 0 Å². The molecule has 6 aliphatic rings. The first kappa shape index (κ1) is 62.0. The van der Waals surface area contributed by atoms with Crippen LogP contribution in [-0.2, 0) is 66.2 Å². The van der Waals surface area contributed by atoms with E-state index >= 15 is 8.78 Å². The van der Waals surface area contributed by atoms with Gasteiger partial charge in [0.25, 0.3) is 23.6 Å². The summed E-state index contributed by atoms with van der Waals surface area (Å²) in [5.74, 6) is -1.39. The van der Waals surface area contributed by atoms with Crippen molar-refractivity contribution in [2.45, 2.75) is 129 Å². The lowest BCUT2D eigenvalue weighted by Gasteiger charge is -2.33. The van der Waals surface area contributed by atoms with Crippen LogP contribution in [0.25, 0.3) is 22.3 Å². The van der Waals surface area contributed by atoms with Crippen LogP contribution < -0.4 is 16.0 Å². The molecule has 0 bridgehead atoms. The SMILES string of the molecule is CC(C)(C)OC(=O)N1CCC(Cc2ccc(-c3cc(F)c4c(c3)C(=O)N(C(C(=O)Nc3nccs3)c3ncn5c3CCC5)C4)cc2)CC1.Cl.O=C(Nc1nccs1)C(c1ncn2c1CCC2)N1Cc2c(F)cc(-c3ccc(CC4CCNCC4)cc3)cc2C1=O. The molecule has 468 valence electrons. The number of aromatic nitrogens is 6. The van der Waals surface area contributed by atoms with Gasteiger partial charge in [0.1, 0.15) is 17.2 Å². The number of thiazole rings is 2. The van der Waals surface area contributed by atoms with E-state index in [1.54, 1.807) is 52.8 Å². The van der Waals surface area contributed by atoms with E-state index in [1.165, 1.54) is 68.6 Å². The highest BCUT2D eigenvalue weighted by molar-refractivity contribution is 7.14. The molecule has 10 heterocycles. The number of fused-ring (bicyclic) bond motifs is 4. The number of hydrogen-bond donors (Lipinski definition) is 3. The Morgan fingerprint density at radius 2 is 1.07 bits per heavy atom. The highest BCUT2D eigenvalue weighted by atomic mass is 35.5. The fraction of sp³-hybridized carbons (Fsp3) is 0.388. The van der Waals surface area contributed by atoms with Crippen molar-refractivity contribution in [3.63, 3.8) is 0 Å². The molecule has 90 heavy (non-hydrogen) atoms. The third kappa shape index (κ3) is 13.1. The molecular formula is C67H71ClF2N12O6S2. The zero-order valence-corrected chi connectivity index (χ0v) is 52.8. The molecule has 4 aromatic carbocycles. The van der Waals surface area contributed by atoms with Crippen molar-refractivity contribution in [3.05, 3.63) is 176 Å². The van der Waals surface area contributed by atoms with Crippen LogP contribution in [0, 0.1) is 23.5 Å². The van der Waals surface area contributed by atoms with Crippen molar-refractivity contribution in [2.24, 2.45) is 11.8 Å². The van der Waals surface area contributed by atoms with E-state index in [1.807, 2.05) is 66.3 Å². The minimum Gasteiger partial charge on any atom is -0.444 e. The summed E-state index contributed by atoms with van der Waals surface area (Å²) in [6.45, 7) is 10.7. The number of halogens is 3. The van der Waals surface area contributed by atoms with Gasteiger partial charge in [-0.1, -0.05) is 48.5 Å². The number of benzene rings is 4. The molecule has 0 radical (unpaired) electrons. The van der Waals surface area contributed by atoms with Crippen LogP contribution in [-0.4, -0.2) is 105 Å². The van der Waals surface area contributed by atoms with Gasteiger partial charge in [-0.25, -0.2) is 33.5 Å². The summed E-state index contributed by atoms with van der Waals surface area (Å²) in [4.78, 5) is 89.8. The first-order chi connectivity index (χ1) is 43.1. The van der Waals surface area contributed by atoms with E-state index in [2.05, 4.69) is 48.0 Å². The number of hydrogen-bond acceptors (Lipinski definition) is 13. The first-order valence-electron chi connectivity index (χ1n) is 30.7. The molecule has 5 amide bonds. The second kappa shape index (κ2) is 26.3. The summed E-state index contributed by atoms with van der Waals surface area (Å²) >= 11 is 2.59. The number of nitrogens with one attached hydrogen (secondary N) is 3. The van der Waals surface area contributed by atoms with Crippen LogP contribution >= 0.6 is 35.1 Å². The molecule has 2 atom stereocenters. The second-order valence-corrected chi connectivity index (χ2v) is 26.7. The van der Waals surface area contributed by atoms with Gasteiger partial charge in [-0.3, -0.25) is 29.8 Å². The van der Waals surface area contributed by atoms with Gasteiger partial charge in [0.05, 0.1) is 37.1 Å². The average Bonchev–Trinajstić information content (AvgIpc) is 1.61. The number of aryl methyl sites for hydroxylation is 2. The molecule has 2 unspecified atom stereocenters. The predicted molar refractivity (Wildman–Crippen MR) is 342 cm³/mol. The summed E-state index contributed by atoms with van der Waals surface area (Å²) in [7, 11) is 0. The summed E-state index contributed by atoms with van der Waals surface area (Å²) in [5.41, 5.74) is 8.91. The van der Waals surface area contributed by atoms with E-state index < -0.39 is 47.0 Å². The van der Waals surface area contributed by atoms with E-state index in [4.69, 9.17) is 4.74 Å². The summed E-state index contributed by atoms with van der Waals surface area (Å²) in [5, 5.41) is 13.5. The Kier molecular flexibility index (Phi) is 18.2. The van der Waals surface area contributed by atoms with Crippen LogP contribution in [0.15, 0.2) is 109 Å². The standard InChI is InChI=1S/C36H39FN6O4S.C31H31FN6O2S.ClH/c1-36(2,3)47-35(46)41-14-10-23(11-15-41)17-22-6-8-24(9-7-22)25-18-26-27(28(37)19-25)20-43(33(26)45)31(32(44)40-34-38-12-16-48-34)30-29-5-4-13-42(29)21-39-30;32-25-16-22(21-5-3-19(4-6-21)14-20-7-9-33-10-8-20)15-23-24(25)17-38(30(23)40)28(29(39)36-31-34-11-13-41-31)27-26-2-1-12-37(26)18-35-27;/h6-9,12,16,18-19,21,23,31H,4-5,10-11,13-15,17,20H2,1-3H3,(H,38,40,44);3-6,11,13,15-16,18,20,28,33H,1-2,7-10,12,14,17H2,(H,34,36,39);1H. The van der Waals surface area contributed by atoms with Crippen molar-refractivity contribution >= 4 is 75.1 Å². The van der Waals surface area contributed by atoms with Crippen LogP contribution in [0.5, 0.6) is 0 Å². The number of anilines is 2. The van der Waals surface area contributed by atoms with E-state index in [-0.39, 0.29) is 48.6 Å². The van der Waals surface area contributed by atoms with Gasteiger partial charge in [0.15, 0.2) is 22.3 Å². The highest BCUT2D eigenvalue weighted by Gasteiger charge is 2.44. The summed E-state index contributed by atoms with van der Waals surface area (Å²) in [6.07, 6.45) is 15.9. The average molecular weight is 1280 g/mol. The van der Waals surface area contributed by atoms with Crippen molar-refractivity contribution < 1.29 is 37.5 Å². The van der Waals surface area contributed by atoms with Crippen molar-refractivity contribution in [3.8, 4) is 22.3 Å². The highest BCUT2D eigenvalue weighted by Crippen LogP contribution is 2.41. The second-order valence-electron chi connectivity index (χ2n) is 24.9. The smallest absolute Gasteiger partial charge is 0.410 e. The van der Waals surface area contributed by atoms with Gasteiger partial charge < -0.3 is 33.9 Å². The predicted octanol–water partition coefficient (Wildman–Crippen LogP) is 12.0. The Balaban J connectivity index is 0.000000174. The van der Waals surface area contributed by atoms with Crippen molar-refractivity contribution in [1.82, 2.24) is 49.1 Å². The van der Waals surface area contributed by atoms with Gasteiger partial charge >= 0.3 is 6.09 Å². The van der Waals surface area contributed by atoms with Gasteiger partial charge in [0, 0.05) is 83.0 Å². The number of carbonyl (C=O) groups is 5. The summed E-state index contributed by atoms with van der Waals surface area (Å²) < 4.78 is 40.9. The lowest BCUT2D eigenvalue weighted by molar-refractivity contribution is -0.121. The van der Waals surface area contributed by atoms with Crippen LogP contribution in [0.2, 0.25) is 0 Å². The van der Waals surface area contributed by atoms with E-state index in [0.717, 1.165) is 100 Å². The maximum atomic E-state index is 15.7. The number of ether oxygens (including phenoxy) is 1. The number of likely N-dealkylation sites (tertiary alicyclic amines) is 1. The molecule has 0 aliphatic carbocycles. The van der Waals surface area contributed by atoms with Crippen LogP contribution in [0.1, 0.15) is 137 Å². The Morgan fingerprint density at radius 3 is 1.49 bits per heavy atom. The lowest BCUT2D eigenvalue weighted by Crippen LogP contribution is -2.42. The van der Waals surface area contributed by atoms with Crippen molar-refractivity contribution in [1.29, 1.82) is 0 Å². The maximum Gasteiger partial charge on any atom is 0.410 e. The molecule has 0 saturated carbocycles. The quantitative estimate of drug-likeness (QED) is 0.0935. The molecule has 18 nitrogen and oxygen atoms in total. The molecule has 8 aromatic rings. The number of carbonyl (C=O) groups excluding carboxylic acids is 5. The Hall–Kier alpha value is -8.18. The largest absolute Gasteiger partial charge is 0.444 e. The number of piperidine rings is 2. The Labute approximate surface area is 534 Å². The van der Waals surface area contributed by atoms with Crippen LogP contribution in [0.4, 0.5) is 23.8 Å². The molecule has 6 aliphatic heterocycles. The number of amides is 5. The molecule has 0 spiro atoms. The molecule has 14 rings (SSSR count). The van der Waals surface area contributed by atoms with Crippen LogP contribution in [0.3, 0.4) is 0 Å². The summed E-state index contributed by atoms with van der Waals surface area (Å²) in [6, 6.07) is 20.7. The topological polar surface area (TPSA) is 202 Å². The fourth-order valence-electron chi connectivity index (χ4n) is 13.4. The van der Waals surface area contributed by atoms with E-state index in [9.17, 15) is 24.0 Å². The molecule has 4 aromatic heterocycles. The minimum absolute atomic E-state index is 0. The fourth-order valence-corrected chi connectivity index (χ4v) is 14.5. The first-order valence-corrected chi connectivity index (χ1v) is 32.5. The number of nitrogens with zero attached hydrogens (tertiary/aromatic N) is 9. The molecule has 3 N–H and O–H groups in total. The van der Waals surface area contributed by atoms with Gasteiger partial charge in [-0.15, -0.1) is 35.1 Å². The molecule has 2 saturated heterocycles. The Bertz CT molecular complexity index is 3950. The van der Waals surface area contributed by atoms with Crippen molar-refractivity contribution in [2.75, 3.05) is 36.8 Å². The maximum absolute atomic E-state index is 15.7. The number of imidazole rings is 2. The normalized spacial score (nSPS) is 17.0. The molecule has 23 heteroatoms. The van der Waals surface area contributed by atoms with E-state index in [0.29, 0.717) is 68.8 Å². The van der Waals surface area contributed by atoms with Gasteiger partial charge in [-0.05, 0) is 168 Å². The zero-order chi connectivity index (χ0) is 61.5. The monoisotopic (exact) mass is 1280 g/mol. The minimum atomic E-state index is -1.03. The lowest BCUT2D eigenvalue weighted by atomic mass is 9.89. The number of rotatable bonds is 14. The molecule has 2 fully saturated rings. The zero-order valence-electron chi connectivity index (χ0n) is 50.4. The molecular weight excluding hydrogens is 1210 g/mol. The third-order valence-corrected chi connectivity index (χ3v) is 19.3. The third-order valence-electron chi connectivity index (χ3n) is 17.9.